The highest BCUT2D eigenvalue weighted by atomic mass is 35.5. The molecule has 3 heterocycles. The van der Waals surface area contributed by atoms with Gasteiger partial charge in [0.05, 0.1) is 29.8 Å². The van der Waals surface area contributed by atoms with Crippen LogP contribution in [0.4, 0.5) is 0 Å². The van der Waals surface area contributed by atoms with Gasteiger partial charge in [0.15, 0.2) is 0 Å². The Bertz CT molecular complexity index is 1140. The minimum Gasteiger partial charge on any atom is -0.507 e. The first kappa shape index (κ1) is 20.7. The lowest BCUT2D eigenvalue weighted by Gasteiger charge is -2.23. The summed E-state index contributed by atoms with van der Waals surface area (Å²) in [7, 11) is 1.44. The van der Waals surface area contributed by atoms with Crippen LogP contribution >= 0.6 is 34.3 Å². The SMILES string of the molecule is COc1c(Cl)cc(C)cc1/C(O)=C1/C(=O)C(=O)N(Cc2cccs2)C1c1cccs1. The molecule has 0 radical (unpaired) electrons. The quantitative estimate of drug-likeness (QED) is 0.315. The number of hydrogen-bond donors (Lipinski definition) is 1. The van der Waals surface area contributed by atoms with Crippen LogP contribution in [0.2, 0.25) is 5.02 Å². The zero-order chi connectivity index (χ0) is 21.4. The average Bonchev–Trinajstić information content (AvgIpc) is 3.46. The van der Waals surface area contributed by atoms with Crippen LogP contribution in [0.3, 0.4) is 0 Å². The van der Waals surface area contributed by atoms with E-state index in [4.69, 9.17) is 16.3 Å². The number of nitrogens with zero attached hydrogens (tertiary/aromatic N) is 1. The van der Waals surface area contributed by atoms with Crippen molar-refractivity contribution < 1.29 is 19.4 Å². The van der Waals surface area contributed by atoms with Crippen molar-refractivity contribution in [3.05, 3.63) is 78.6 Å². The van der Waals surface area contributed by atoms with Gasteiger partial charge in [0.25, 0.3) is 11.7 Å². The molecule has 1 aromatic carbocycles. The smallest absolute Gasteiger partial charge is 0.296 e. The van der Waals surface area contributed by atoms with Crippen molar-refractivity contribution in [1.29, 1.82) is 0 Å². The molecule has 0 saturated carbocycles. The third kappa shape index (κ3) is 3.53. The first-order valence-corrected chi connectivity index (χ1v) is 11.2. The summed E-state index contributed by atoms with van der Waals surface area (Å²) in [5, 5.41) is 15.4. The van der Waals surface area contributed by atoms with Gasteiger partial charge >= 0.3 is 0 Å². The number of thiophene rings is 2. The first-order valence-electron chi connectivity index (χ1n) is 9.11. The van der Waals surface area contributed by atoms with E-state index in [-0.39, 0.29) is 29.2 Å². The average molecular weight is 460 g/mol. The van der Waals surface area contributed by atoms with Gasteiger partial charge in [-0.2, -0.15) is 0 Å². The topological polar surface area (TPSA) is 66.8 Å². The number of aliphatic hydroxyl groups excluding tert-OH is 1. The van der Waals surface area contributed by atoms with Gasteiger partial charge in [0, 0.05) is 9.75 Å². The highest BCUT2D eigenvalue weighted by Crippen LogP contribution is 2.44. The zero-order valence-corrected chi connectivity index (χ0v) is 18.6. The summed E-state index contributed by atoms with van der Waals surface area (Å²) in [5.74, 6) is -1.39. The van der Waals surface area contributed by atoms with Crippen molar-refractivity contribution in [1.82, 2.24) is 4.90 Å². The Hall–Kier alpha value is -2.61. The molecule has 1 unspecified atom stereocenters. The fourth-order valence-electron chi connectivity index (χ4n) is 3.61. The molecular formula is C22H18ClNO4S2. The Kier molecular flexibility index (Phi) is 5.69. The third-order valence-electron chi connectivity index (χ3n) is 4.91. The molecule has 3 aromatic rings. The van der Waals surface area contributed by atoms with Crippen molar-refractivity contribution in [3.63, 3.8) is 0 Å². The molecule has 1 aliphatic heterocycles. The fraction of sp³-hybridized carbons (Fsp3) is 0.182. The maximum atomic E-state index is 13.1. The number of ketones is 1. The largest absolute Gasteiger partial charge is 0.507 e. The van der Waals surface area contributed by atoms with Gasteiger partial charge < -0.3 is 14.7 Å². The molecule has 1 aliphatic rings. The number of aliphatic hydroxyl groups is 1. The number of likely N-dealkylation sites (tertiary alicyclic amines) is 1. The molecule has 1 saturated heterocycles. The highest BCUT2D eigenvalue weighted by Gasteiger charge is 2.47. The Balaban J connectivity index is 1.91. The molecular weight excluding hydrogens is 442 g/mol. The number of aryl methyl sites for hydroxylation is 1. The van der Waals surface area contributed by atoms with Gasteiger partial charge in [-0.15, -0.1) is 22.7 Å². The van der Waals surface area contributed by atoms with Crippen LogP contribution in [0.25, 0.3) is 5.76 Å². The molecule has 4 rings (SSSR count). The summed E-state index contributed by atoms with van der Waals surface area (Å²) >= 11 is 9.23. The van der Waals surface area contributed by atoms with E-state index in [9.17, 15) is 14.7 Å². The van der Waals surface area contributed by atoms with Crippen LogP contribution in [-0.4, -0.2) is 28.8 Å². The number of benzene rings is 1. The summed E-state index contributed by atoms with van der Waals surface area (Å²) in [6, 6.07) is 10.2. The second kappa shape index (κ2) is 8.26. The van der Waals surface area contributed by atoms with Crippen LogP contribution in [0, 0.1) is 6.92 Å². The summed E-state index contributed by atoms with van der Waals surface area (Å²) in [6.07, 6.45) is 0. The number of Topliss-reactive ketones (excluding diaryl/α,β-unsaturated/α-hetero) is 1. The van der Waals surface area contributed by atoms with Crippen LogP contribution in [0.5, 0.6) is 5.75 Å². The van der Waals surface area contributed by atoms with E-state index in [0.29, 0.717) is 5.02 Å². The van der Waals surface area contributed by atoms with E-state index in [1.807, 2.05) is 41.9 Å². The predicted molar refractivity (Wildman–Crippen MR) is 119 cm³/mol. The van der Waals surface area contributed by atoms with E-state index in [1.165, 1.54) is 34.7 Å². The number of methoxy groups -OCH3 is 1. The molecule has 2 aromatic heterocycles. The molecule has 1 atom stereocenters. The molecule has 0 bridgehead atoms. The van der Waals surface area contributed by atoms with E-state index in [1.54, 1.807) is 12.1 Å². The summed E-state index contributed by atoms with van der Waals surface area (Å²) in [5.41, 5.74) is 1.12. The Morgan fingerprint density at radius 1 is 1.20 bits per heavy atom. The van der Waals surface area contributed by atoms with Gasteiger partial charge in [-0.25, -0.2) is 0 Å². The van der Waals surface area contributed by atoms with Gasteiger partial charge in [-0.05, 0) is 47.5 Å². The van der Waals surface area contributed by atoms with E-state index >= 15 is 0 Å². The maximum Gasteiger partial charge on any atom is 0.296 e. The molecule has 1 fully saturated rings. The normalized spacial score (nSPS) is 18.2. The van der Waals surface area contributed by atoms with Crippen molar-refractivity contribution >= 4 is 51.7 Å². The van der Waals surface area contributed by atoms with Crippen molar-refractivity contribution in [2.75, 3.05) is 7.11 Å². The molecule has 1 amide bonds. The number of ether oxygens (including phenoxy) is 1. The molecule has 8 heteroatoms. The number of rotatable bonds is 5. The van der Waals surface area contributed by atoms with E-state index in [0.717, 1.165) is 15.3 Å². The van der Waals surface area contributed by atoms with Gasteiger partial charge in [0.2, 0.25) is 0 Å². The molecule has 0 aliphatic carbocycles. The lowest BCUT2D eigenvalue weighted by Crippen LogP contribution is -2.28. The number of carbonyl (C=O) groups excluding carboxylic acids is 2. The Morgan fingerprint density at radius 2 is 1.93 bits per heavy atom. The monoisotopic (exact) mass is 459 g/mol. The number of hydrogen-bond acceptors (Lipinski definition) is 6. The zero-order valence-electron chi connectivity index (χ0n) is 16.2. The lowest BCUT2D eigenvalue weighted by molar-refractivity contribution is -0.140. The standard InChI is InChI=1S/C22H18ClNO4S2/c1-12-9-14(21(28-2)15(23)10-12)19(25)17-18(16-6-4-8-30-16)24(22(27)20(17)26)11-13-5-3-7-29-13/h3-10,18,25H,11H2,1-2H3/b19-17-. The van der Waals surface area contributed by atoms with Gasteiger partial charge in [-0.3, -0.25) is 9.59 Å². The lowest BCUT2D eigenvalue weighted by atomic mass is 9.98. The summed E-state index contributed by atoms with van der Waals surface area (Å²) in [4.78, 5) is 29.3. The second-order valence-electron chi connectivity index (χ2n) is 6.85. The minimum atomic E-state index is -0.720. The second-order valence-corrected chi connectivity index (χ2v) is 9.27. The van der Waals surface area contributed by atoms with Crippen LogP contribution < -0.4 is 4.74 Å². The number of halogens is 1. The van der Waals surface area contributed by atoms with Crippen LogP contribution in [0.15, 0.2) is 52.7 Å². The first-order chi connectivity index (χ1) is 14.4. The predicted octanol–water partition coefficient (Wildman–Crippen LogP) is 5.40. The minimum absolute atomic E-state index is 0.0407. The van der Waals surface area contributed by atoms with Crippen molar-refractivity contribution in [2.45, 2.75) is 19.5 Å². The van der Waals surface area contributed by atoms with Gasteiger partial charge in [-0.1, -0.05) is 23.7 Å². The Morgan fingerprint density at radius 3 is 2.57 bits per heavy atom. The van der Waals surface area contributed by atoms with Crippen molar-refractivity contribution in [3.8, 4) is 5.75 Å². The molecule has 154 valence electrons. The van der Waals surface area contributed by atoms with E-state index in [2.05, 4.69) is 0 Å². The maximum absolute atomic E-state index is 13.1. The molecule has 0 spiro atoms. The summed E-state index contributed by atoms with van der Waals surface area (Å²) < 4.78 is 5.38. The highest BCUT2D eigenvalue weighted by molar-refractivity contribution is 7.10. The van der Waals surface area contributed by atoms with Crippen LogP contribution in [0.1, 0.15) is 26.9 Å². The number of amides is 1. The molecule has 30 heavy (non-hydrogen) atoms. The van der Waals surface area contributed by atoms with Crippen LogP contribution in [-0.2, 0) is 16.1 Å². The van der Waals surface area contributed by atoms with Crippen molar-refractivity contribution in [2.24, 2.45) is 0 Å². The number of carbonyl (C=O) groups is 2. The fourth-order valence-corrected chi connectivity index (χ4v) is 5.51. The third-order valence-corrected chi connectivity index (χ3v) is 6.97. The van der Waals surface area contributed by atoms with E-state index < -0.39 is 17.7 Å². The Labute approximate surface area is 186 Å². The van der Waals surface area contributed by atoms with Gasteiger partial charge in [0.1, 0.15) is 17.6 Å². The summed E-state index contributed by atoms with van der Waals surface area (Å²) in [6.45, 7) is 2.11. The molecule has 5 nitrogen and oxygen atoms in total. The molecule has 1 N–H and O–H groups in total.